The molecule has 0 saturated carbocycles. The summed E-state index contributed by atoms with van der Waals surface area (Å²) >= 11 is 0. The fourth-order valence-electron chi connectivity index (χ4n) is 6.11. The van der Waals surface area contributed by atoms with Gasteiger partial charge in [0.2, 0.25) is 0 Å². The molecule has 8 aromatic rings. The van der Waals surface area contributed by atoms with Crippen molar-refractivity contribution >= 4 is 44.6 Å². The predicted molar refractivity (Wildman–Crippen MR) is 193 cm³/mol. The standard InChI is InChI=1S/C42H26N6/c1-3-13-27(14-4-1)31-21-11-23-35(43-31)39-41-37(25-29-17-7-9-19-33(29)45-41)48-40(36-24-12-22-32(44-36)28-15-5-2-6-16-28)42-38(47-39)26-30-18-8-10-20-34(30)46-42/h1-26H. The number of hydrogen-bond acceptors (Lipinski definition) is 6. The van der Waals surface area contributed by atoms with Gasteiger partial charge in [-0.2, -0.15) is 0 Å². The van der Waals surface area contributed by atoms with Crippen LogP contribution in [-0.4, -0.2) is 31.4 Å². The highest BCUT2D eigenvalue weighted by Gasteiger charge is 2.25. The highest BCUT2D eigenvalue weighted by Crippen LogP contribution is 2.35. The van der Waals surface area contributed by atoms with Crippen LogP contribution < -0.4 is 0 Å². The zero-order valence-electron chi connectivity index (χ0n) is 25.7. The van der Waals surface area contributed by atoms with E-state index in [1.165, 1.54) is 0 Å². The Morgan fingerprint density at radius 2 is 0.708 bits per heavy atom. The number of aliphatic imine (C=N–C) groups is 2. The van der Waals surface area contributed by atoms with Crippen molar-refractivity contribution in [3.8, 4) is 22.5 Å². The fraction of sp³-hybridized carbons (Fsp3) is 0. The number of benzene rings is 4. The van der Waals surface area contributed by atoms with E-state index in [1.54, 1.807) is 0 Å². The summed E-state index contributed by atoms with van der Waals surface area (Å²) in [4.78, 5) is 31.4. The first kappa shape index (κ1) is 27.6. The molecule has 0 saturated heterocycles. The first-order valence-electron chi connectivity index (χ1n) is 15.8. The first-order valence-corrected chi connectivity index (χ1v) is 15.8. The van der Waals surface area contributed by atoms with E-state index in [2.05, 4.69) is 48.5 Å². The van der Waals surface area contributed by atoms with Crippen LogP contribution >= 0.6 is 0 Å². The van der Waals surface area contributed by atoms with Crippen LogP contribution in [0.2, 0.25) is 0 Å². The van der Waals surface area contributed by atoms with Crippen molar-refractivity contribution in [1.29, 1.82) is 0 Å². The Kier molecular flexibility index (Phi) is 6.68. The van der Waals surface area contributed by atoms with Gasteiger partial charge in [0, 0.05) is 21.9 Å². The van der Waals surface area contributed by atoms with Crippen molar-refractivity contribution in [2.75, 3.05) is 0 Å². The number of nitrogens with zero attached hydrogens (tertiary/aromatic N) is 6. The Bertz CT molecular complexity index is 2380. The second-order valence-corrected chi connectivity index (χ2v) is 11.6. The van der Waals surface area contributed by atoms with Gasteiger partial charge >= 0.3 is 0 Å². The molecular formula is C42H26N6. The molecule has 6 nitrogen and oxygen atoms in total. The Morgan fingerprint density at radius 3 is 1.17 bits per heavy atom. The maximum absolute atomic E-state index is 5.38. The third-order valence-corrected chi connectivity index (χ3v) is 8.44. The summed E-state index contributed by atoms with van der Waals surface area (Å²) in [5.41, 5.74) is 10.7. The third kappa shape index (κ3) is 5.02. The lowest BCUT2D eigenvalue weighted by molar-refractivity contribution is 1.22. The maximum atomic E-state index is 5.38. The van der Waals surface area contributed by atoms with Gasteiger partial charge in [-0.3, -0.25) is 0 Å². The first-order chi connectivity index (χ1) is 23.8. The van der Waals surface area contributed by atoms with E-state index in [1.807, 2.05) is 109 Å². The summed E-state index contributed by atoms with van der Waals surface area (Å²) in [5, 5.41) is 1.95. The lowest BCUT2D eigenvalue weighted by atomic mass is 10.0. The molecule has 4 aromatic carbocycles. The van der Waals surface area contributed by atoms with Gasteiger partial charge < -0.3 is 0 Å². The van der Waals surface area contributed by atoms with Crippen molar-refractivity contribution < 1.29 is 0 Å². The van der Waals surface area contributed by atoms with Gasteiger partial charge in [-0.25, -0.2) is 29.9 Å². The maximum Gasteiger partial charge on any atom is 0.117 e. The summed E-state index contributed by atoms with van der Waals surface area (Å²) in [6.45, 7) is 0. The number of para-hydroxylation sites is 2. The van der Waals surface area contributed by atoms with Crippen molar-refractivity contribution in [2.45, 2.75) is 0 Å². The monoisotopic (exact) mass is 614 g/mol. The average molecular weight is 615 g/mol. The van der Waals surface area contributed by atoms with E-state index in [-0.39, 0.29) is 0 Å². The SMILES string of the molecule is c1ccc(-c2cccc(C3=Nc4cc5ccccc5nc4C(c4cccc(-c5ccccc5)n4)=Nc4cc5ccccc5nc43)n2)cc1. The lowest BCUT2D eigenvalue weighted by Gasteiger charge is -2.18. The lowest BCUT2D eigenvalue weighted by Crippen LogP contribution is -2.15. The van der Waals surface area contributed by atoms with Gasteiger partial charge in [-0.05, 0) is 48.5 Å². The van der Waals surface area contributed by atoms with Gasteiger partial charge in [0.05, 0.1) is 45.2 Å². The summed E-state index contributed by atoms with van der Waals surface area (Å²) < 4.78 is 0. The molecule has 0 bridgehead atoms. The van der Waals surface area contributed by atoms with E-state index >= 15 is 0 Å². The molecule has 0 fully saturated rings. The molecule has 6 heteroatoms. The summed E-state index contributed by atoms with van der Waals surface area (Å²) in [6, 6.07) is 52.6. The molecule has 0 unspecified atom stereocenters. The summed E-state index contributed by atoms with van der Waals surface area (Å²) in [6.07, 6.45) is 0. The van der Waals surface area contributed by atoms with Crippen molar-refractivity contribution in [3.05, 3.63) is 181 Å². The molecule has 0 radical (unpaired) electrons. The number of rotatable bonds is 4. The molecule has 1 aliphatic heterocycles. The van der Waals surface area contributed by atoms with Crippen molar-refractivity contribution in [2.24, 2.45) is 9.98 Å². The van der Waals surface area contributed by atoms with Crippen LogP contribution in [0, 0.1) is 0 Å². The molecular weight excluding hydrogens is 589 g/mol. The minimum absolute atomic E-state index is 0.626. The van der Waals surface area contributed by atoms with Gasteiger partial charge in [0.25, 0.3) is 0 Å². The van der Waals surface area contributed by atoms with E-state index in [0.29, 0.717) is 45.6 Å². The second kappa shape index (κ2) is 11.6. The molecule has 1 aliphatic rings. The van der Waals surface area contributed by atoms with Crippen LogP contribution in [-0.2, 0) is 0 Å². The van der Waals surface area contributed by atoms with Gasteiger partial charge in [0.1, 0.15) is 22.8 Å². The molecule has 0 aliphatic carbocycles. The topological polar surface area (TPSA) is 76.3 Å². The van der Waals surface area contributed by atoms with Crippen LogP contribution in [0.4, 0.5) is 11.4 Å². The van der Waals surface area contributed by atoms with E-state index < -0.39 is 0 Å². The Balaban J connectivity index is 1.34. The van der Waals surface area contributed by atoms with E-state index in [9.17, 15) is 0 Å². The Morgan fingerprint density at radius 1 is 0.312 bits per heavy atom. The number of fused-ring (bicyclic) bond motifs is 4. The second-order valence-electron chi connectivity index (χ2n) is 11.6. The largest absolute Gasteiger partial charge is 0.246 e. The highest BCUT2D eigenvalue weighted by atomic mass is 14.9. The molecule has 5 heterocycles. The summed E-state index contributed by atoms with van der Waals surface area (Å²) in [7, 11) is 0. The molecule has 0 atom stereocenters. The molecule has 4 aromatic heterocycles. The normalized spacial score (nSPS) is 12.4. The van der Waals surface area contributed by atoms with Crippen LogP contribution in [0.15, 0.2) is 168 Å². The Labute approximate surface area is 276 Å². The Hall–Kier alpha value is -6.66. The number of pyridine rings is 4. The van der Waals surface area contributed by atoms with Crippen LogP contribution in [0.5, 0.6) is 0 Å². The minimum atomic E-state index is 0.626. The fourth-order valence-corrected chi connectivity index (χ4v) is 6.11. The van der Waals surface area contributed by atoms with Crippen LogP contribution in [0.3, 0.4) is 0 Å². The molecule has 9 rings (SSSR count). The summed E-state index contributed by atoms with van der Waals surface area (Å²) in [5.74, 6) is 0. The highest BCUT2D eigenvalue weighted by molar-refractivity contribution is 6.21. The van der Waals surface area contributed by atoms with Gasteiger partial charge in [-0.15, -0.1) is 0 Å². The predicted octanol–water partition coefficient (Wildman–Crippen LogP) is 9.56. The molecule has 48 heavy (non-hydrogen) atoms. The van der Waals surface area contributed by atoms with Crippen LogP contribution in [0.25, 0.3) is 44.3 Å². The molecule has 0 amide bonds. The number of aromatic nitrogens is 4. The third-order valence-electron chi connectivity index (χ3n) is 8.44. The molecule has 224 valence electrons. The average Bonchev–Trinajstić information content (AvgIpc) is 3.15. The zero-order valence-corrected chi connectivity index (χ0v) is 25.7. The van der Waals surface area contributed by atoms with E-state index in [4.69, 9.17) is 29.9 Å². The minimum Gasteiger partial charge on any atom is -0.246 e. The number of hydrogen-bond donors (Lipinski definition) is 0. The van der Waals surface area contributed by atoms with Gasteiger partial charge in [0.15, 0.2) is 0 Å². The smallest absolute Gasteiger partial charge is 0.117 e. The zero-order chi connectivity index (χ0) is 31.9. The molecule has 0 N–H and O–H groups in total. The van der Waals surface area contributed by atoms with E-state index in [0.717, 1.165) is 44.3 Å². The van der Waals surface area contributed by atoms with Gasteiger partial charge in [-0.1, -0.05) is 109 Å². The van der Waals surface area contributed by atoms with Crippen LogP contribution in [0.1, 0.15) is 22.8 Å². The quantitative estimate of drug-likeness (QED) is 0.198. The molecule has 0 spiro atoms. The van der Waals surface area contributed by atoms with Crippen molar-refractivity contribution in [1.82, 2.24) is 19.9 Å². The van der Waals surface area contributed by atoms with Crippen molar-refractivity contribution in [3.63, 3.8) is 0 Å².